The summed E-state index contributed by atoms with van der Waals surface area (Å²) in [6, 6.07) is 7.66. The first-order valence-corrected chi connectivity index (χ1v) is 9.76. The van der Waals surface area contributed by atoms with Gasteiger partial charge in [0, 0.05) is 36.2 Å². The Morgan fingerprint density at radius 3 is 2.44 bits per heavy atom. The maximum atomic E-state index is 12.8. The van der Waals surface area contributed by atoms with Gasteiger partial charge in [-0.15, -0.1) is 0 Å². The second kappa shape index (κ2) is 8.37. The van der Waals surface area contributed by atoms with Gasteiger partial charge < -0.3 is 14.8 Å². The average Bonchev–Trinajstić information content (AvgIpc) is 3.30. The van der Waals surface area contributed by atoms with Gasteiger partial charge in [0.15, 0.2) is 0 Å². The fraction of sp³-hybridized carbons (Fsp3) is 0.476. The van der Waals surface area contributed by atoms with E-state index in [-0.39, 0.29) is 18.5 Å². The molecule has 0 aliphatic heterocycles. The lowest BCUT2D eigenvalue weighted by Gasteiger charge is -2.17. The zero-order valence-electron chi connectivity index (χ0n) is 16.0. The molecule has 144 valence electrons. The molecule has 1 N–H and O–H groups in total. The number of hydrogen-bond acceptors (Lipinski definition) is 3. The van der Waals surface area contributed by atoms with E-state index >= 15 is 0 Å². The minimum absolute atomic E-state index is 0.0586. The Kier molecular flexibility index (Phi) is 5.94. The number of carbonyl (C=O) groups excluding carboxylic acids is 3. The first-order chi connectivity index (χ1) is 13.0. The molecule has 0 saturated heterocycles. The molecule has 1 saturated carbocycles. The molecular formula is C21H27N3O3. The average molecular weight is 369 g/mol. The van der Waals surface area contributed by atoms with E-state index in [0.29, 0.717) is 24.0 Å². The molecule has 0 radical (unpaired) electrons. The van der Waals surface area contributed by atoms with Gasteiger partial charge >= 0.3 is 0 Å². The highest BCUT2D eigenvalue weighted by Gasteiger charge is 2.25. The predicted octanol–water partition coefficient (Wildman–Crippen LogP) is 2.75. The van der Waals surface area contributed by atoms with Gasteiger partial charge in [0.05, 0.1) is 5.56 Å². The Morgan fingerprint density at radius 2 is 1.78 bits per heavy atom. The number of benzene rings is 1. The zero-order valence-corrected chi connectivity index (χ0v) is 16.0. The number of ketones is 1. The molecule has 0 atom stereocenters. The Bertz CT molecular complexity index is 845. The van der Waals surface area contributed by atoms with Crippen LogP contribution in [0.3, 0.4) is 0 Å². The first-order valence-electron chi connectivity index (χ1n) is 9.76. The molecule has 6 nitrogen and oxygen atoms in total. The molecule has 3 rings (SSSR count). The van der Waals surface area contributed by atoms with E-state index < -0.39 is 11.7 Å². The molecule has 0 unspecified atom stereocenters. The molecular weight excluding hydrogens is 342 g/mol. The minimum atomic E-state index is -0.523. The smallest absolute Gasteiger partial charge is 0.295 e. The predicted molar refractivity (Wildman–Crippen MR) is 105 cm³/mol. The Morgan fingerprint density at radius 1 is 1.11 bits per heavy atom. The summed E-state index contributed by atoms with van der Waals surface area (Å²) < 4.78 is 1.77. The van der Waals surface area contributed by atoms with Crippen molar-refractivity contribution in [3.8, 4) is 0 Å². The van der Waals surface area contributed by atoms with Gasteiger partial charge in [-0.2, -0.15) is 0 Å². The van der Waals surface area contributed by atoms with Crippen molar-refractivity contribution < 1.29 is 14.4 Å². The van der Waals surface area contributed by atoms with Crippen molar-refractivity contribution >= 4 is 28.5 Å². The molecule has 1 fully saturated rings. The number of nitrogens with zero attached hydrogens (tertiary/aromatic N) is 2. The summed E-state index contributed by atoms with van der Waals surface area (Å²) in [5.74, 6) is -1.08. The highest BCUT2D eigenvalue weighted by molar-refractivity contribution is 6.44. The van der Waals surface area contributed by atoms with Crippen molar-refractivity contribution in [2.45, 2.75) is 52.1 Å². The van der Waals surface area contributed by atoms with E-state index in [1.54, 1.807) is 10.8 Å². The van der Waals surface area contributed by atoms with Crippen LogP contribution >= 0.6 is 0 Å². The van der Waals surface area contributed by atoms with Crippen molar-refractivity contribution in [2.24, 2.45) is 0 Å². The van der Waals surface area contributed by atoms with Gasteiger partial charge in [-0.1, -0.05) is 31.0 Å². The molecule has 1 aliphatic carbocycles. The summed E-state index contributed by atoms with van der Waals surface area (Å²) in [7, 11) is 0. The van der Waals surface area contributed by atoms with Gasteiger partial charge in [-0.25, -0.2) is 0 Å². The van der Waals surface area contributed by atoms with E-state index in [1.165, 1.54) is 4.90 Å². The molecule has 1 aliphatic rings. The molecule has 2 amide bonds. The third-order valence-electron chi connectivity index (χ3n) is 5.31. The van der Waals surface area contributed by atoms with Crippen LogP contribution in [0.15, 0.2) is 30.5 Å². The summed E-state index contributed by atoms with van der Waals surface area (Å²) in [6.07, 6.45) is 6.01. The van der Waals surface area contributed by atoms with Crippen LogP contribution in [0.5, 0.6) is 0 Å². The Hall–Kier alpha value is -2.63. The van der Waals surface area contributed by atoms with Crippen LogP contribution in [0.2, 0.25) is 0 Å². The molecule has 1 aromatic heterocycles. The van der Waals surface area contributed by atoms with Gasteiger partial charge in [-0.3, -0.25) is 14.4 Å². The SMILES string of the molecule is CCN(CC)C(=O)C(=O)c1cn(CC(=O)NC2CCCC2)c2ccccc12. The second-order valence-electron chi connectivity index (χ2n) is 7.04. The van der Waals surface area contributed by atoms with Crippen molar-refractivity contribution in [1.29, 1.82) is 0 Å². The van der Waals surface area contributed by atoms with E-state index in [1.807, 2.05) is 38.1 Å². The third kappa shape index (κ3) is 4.04. The van der Waals surface area contributed by atoms with E-state index in [0.717, 1.165) is 31.2 Å². The van der Waals surface area contributed by atoms with Crippen molar-refractivity contribution in [3.05, 3.63) is 36.0 Å². The number of hydrogen-bond donors (Lipinski definition) is 1. The van der Waals surface area contributed by atoms with Crippen LogP contribution in [-0.2, 0) is 16.1 Å². The number of Topliss-reactive ketones (excluding diaryl/α,β-unsaturated/α-hetero) is 1. The number of amides is 2. The minimum Gasteiger partial charge on any atom is -0.352 e. The van der Waals surface area contributed by atoms with Crippen molar-refractivity contribution in [2.75, 3.05) is 13.1 Å². The highest BCUT2D eigenvalue weighted by Crippen LogP contribution is 2.23. The first kappa shape index (κ1) is 19.1. The number of rotatable bonds is 7. The molecule has 27 heavy (non-hydrogen) atoms. The fourth-order valence-corrected chi connectivity index (χ4v) is 3.83. The van der Waals surface area contributed by atoms with Crippen LogP contribution in [-0.4, -0.2) is 46.2 Å². The molecule has 6 heteroatoms. The summed E-state index contributed by atoms with van der Waals surface area (Å²) >= 11 is 0. The van der Waals surface area contributed by atoms with Gasteiger partial charge in [0.2, 0.25) is 5.91 Å². The molecule has 1 heterocycles. The van der Waals surface area contributed by atoms with Crippen LogP contribution in [0.4, 0.5) is 0 Å². The molecule has 0 bridgehead atoms. The summed E-state index contributed by atoms with van der Waals surface area (Å²) in [4.78, 5) is 39.2. The standard InChI is InChI=1S/C21H27N3O3/c1-3-23(4-2)21(27)20(26)17-13-24(18-12-8-7-11-16(17)18)14-19(25)22-15-9-5-6-10-15/h7-8,11-13,15H,3-6,9-10,14H2,1-2H3,(H,22,25). The Balaban J connectivity index is 1.86. The number of aromatic nitrogens is 1. The number of carbonyl (C=O) groups is 3. The maximum absolute atomic E-state index is 12.8. The van der Waals surface area contributed by atoms with Crippen molar-refractivity contribution in [3.63, 3.8) is 0 Å². The lowest BCUT2D eigenvalue weighted by Crippen LogP contribution is -2.36. The maximum Gasteiger partial charge on any atom is 0.295 e. The normalized spacial score (nSPS) is 14.4. The largest absolute Gasteiger partial charge is 0.352 e. The van der Waals surface area contributed by atoms with Crippen molar-refractivity contribution in [1.82, 2.24) is 14.8 Å². The fourth-order valence-electron chi connectivity index (χ4n) is 3.83. The summed E-state index contributed by atoms with van der Waals surface area (Å²) in [5.41, 5.74) is 1.14. The molecule has 1 aromatic carbocycles. The van der Waals surface area contributed by atoms with E-state index in [2.05, 4.69) is 5.32 Å². The van der Waals surface area contributed by atoms with Crippen LogP contribution in [0.25, 0.3) is 10.9 Å². The van der Waals surface area contributed by atoms with E-state index in [4.69, 9.17) is 0 Å². The van der Waals surface area contributed by atoms with Crippen LogP contribution in [0, 0.1) is 0 Å². The summed E-state index contributed by atoms with van der Waals surface area (Å²) in [5, 5.41) is 3.78. The van der Waals surface area contributed by atoms with Gasteiger partial charge in [-0.05, 0) is 32.8 Å². The Labute approximate surface area is 159 Å². The number of likely N-dealkylation sites (N-methyl/N-ethyl adjacent to an activating group) is 1. The number of para-hydroxylation sites is 1. The third-order valence-corrected chi connectivity index (χ3v) is 5.31. The lowest BCUT2D eigenvalue weighted by molar-refractivity contribution is -0.126. The highest BCUT2D eigenvalue weighted by atomic mass is 16.2. The summed E-state index contributed by atoms with van der Waals surface area (Å²) in [6.45, 7) is 4.83. The monoisotopic (exact) mass is 369 g/mol. The number of nitrogens with one attached hydrogen (secondary N) is 1. The van der Waals surface area contributed by atoms with E-state index in [9.17, 15) is 14.4 Å². The van der Waals surface area contributed by atoms with Gasteiger partial charge in [0.25, 0.3) is 11.7 Å². The molecule has 0 spiro atoms. The number of fused-ring (bicyclic) bond motifs is 1. The van der Waals surface area contributed by atoms with Crippen LogP contribution < -0.4 is 5.32 Å². The zero-order chi connectivity index (χ0) is 19.4. The topological polar surface area (TPSA) is 71.4 Å². The molecule has 2 aromatic rings. The van der Waals surface area contributed by atoms with Crippen LogP contribution in [0.1, 0.15) is 49.9 Å². The second-order valence-corrected chi connectivity index (χ2v) is 7.04. The quantitative estimate of drug-likeness (QED) is 0.603. The van der Waals surface area contributed by atoms with Gasteiger partial charge in [0.1, 0.15) is 6.54 Å². The lowest BCUT2D eigenvalue weighted by atomic mass is 10.1.